The highest BCUT2D eigenvalue weighted by molar-refractivity contribution is 5.94. The van der Waals surface area contributed by atoms with Crippen LogP contribution in [0, 0.1) is 5.92 Å². The first-order valence-corrected chi connectivity index (χ1v) is 9.52. The molecular formula is C22H24N2O3. The van der Waals surface area contributed by atoms with E-state index in [1.54, 1.807) is 0 Å². The van der Waals surface area contributed by atoms with Crippen LogP contribution >= 0.6 is 0 Å². The molecule has 0 spiro atoms. The van der Waals surface area contributed by atoms with E-state index in [4.69, 9.17) is 4.74 Å². The maximum atomic E-state index is 12.9. The van der Waals surface area contributed by atoms with Gasteiger partial charge in [0.2, 0.25) is 0 Å². The van der Waals surface area contributed by atoms with Crippen LogP contribution in [-0.2, 0) is 4.79 Å². The minimum Gasteiger partial charge on any atom is -0.484 e. The number of nitrogens with zero attached hydrogens (tertiary/aromatic N) is 2. The number of ether oxygens (including phenoxy) is 1. The van der Waals surface area contributed by atoms with Crippen molar-refractivity contribution in [1.29, 1.82) is 0 Å². The van der Waals surface area contributed by atoms with Crippen LogP contribution in [0.1, 0.15) is 23.2 Å². The first-order chi connectivity index (χ1) is 13.2. The minimum absolute atomic E-state index is 0.00237. The van der Waals surface area contributed by atoms with Gasteiger partial charge in [0.15, 0.2) is 6.61 Å². The Hall–Kier alpha value is -2.82. The van der Waals surface area contributed by atoms with Crippen LogP contribution in [0.4, 0.5) is 0 Å². The van der Waals surface area contributed by atoms with Crippen LogP contribution in [-0.4, -0.2) is 53.9 Å². The lowest BCUT2D eigenvalue weighted by molar-refractivity contribution is -0.137. The lowest BCUT2D eigenvalue weighted by Crippen LogP contribution is -2.49. The number of amides is 2. The summed E-state index contributed by atoms with van der Waals surface area (Å²) in [6.07, 6.45) is 2.01. The Morgan fingerprint density at radius 1 is 0.889 bits per heavy atom. The van der Waals surface area contributed by atoms with Gasteiger partial charge in [-0.15, -0.1) is 0 Å². The van der Waals surface area contributed by atoms with Gasteiger partial charge in [0.25, 0.3) is 11.8 Å². The number of rotatable bonds is 4. The second-order valence-electron chi connectivity index (χ2n) is 7.32. The van der Waals surface area contributed by atoms with Gasteiger partial charge in [-0.05, 0) is 43.0 Å². The van der Waals surface area contributed by atoms with E-state index in [-0.39, 0.29) is 24.5 Å². The third kappa shape index (κ3) is 3.97. The van der Waals surface area contributed by atoms with Crippen molar-refractivity contribution in [1.82, 2.24) is 9.80 Å². The predicted molar refractivity (Wildman–Crippen MR) is 103 cm³/mol. The molecule has 3 fully saturated rings. The molecule has 0 aromatic heterocycles. The van der Waals surface area contributed by atoms with Gasteiger partial charge < -0.3 is 14.5 Å². The summed E-state index contributed by atoms with van der Waals surface area (Å²) in [7, 11) is 0. The fourth-order valence-corrected chi connectivity index (χ4v) is 4.06. The zero-order valence-corrected chi connectivity index (χ0v) is 15.3. The van der Waals surface area contributed by atoms with Crippen molar-refractivity contribution in [2.45, 2.75) is 18.9 Å². The zero-order chi connectivity index (χ0) is 18.6. The largest absolute Gasteiger partial charge is 0.484 e. The third-order valence-corrected chi connectivity index (χ3v) is 5.45. The minimum atomic E-state index is 0.00237. The Morgan fingerprint density at radius 2 is 1.59 bits per heavy atom. The average Bonchev–Trinajstić information content (AvgIpc) is 3.05. The first kappa shape index (κ1) is 17.6. The molecule has 2 bridgehead atoms. The molecule has 0 N–H and O–H groups in total. The van der Waals surface area contributed by atoms with Crippen LogP contribution in [0.3, 0.4) is 0 Å². The van der Waals surface area contributed by atoms with E-state index in [1.807, 2.05) is 70.5 Å². The normalized spacial score (nSPS) is 21.6. The van der Waals surface area contributed by atoms with E-state index < -0.39 is 0 Å². The molecule has 3 heterocycles. The molecule has 5 nitrogen and oxygen atoms in total. The van der Waals surface area contributed by atoms with Crippen molar-refractivity contribution in [2.75, 3.05) is 26.2 Å². The number of fused-ring (bicyclic) bond motifs is 4. The molecule has 2 atom stereocenters. The standard InChI is InChI=1S/C22H24N2O3/c25-21(16-27-20-9-5-2-6-10-20)24-14-17-11-12-19(24)15-23(13-17)22(26)18-7-3-1-4-8-18/h1-10,17,19H,11-16H2/t17-,19+/m0/s1. The number of carbonyl (C=O) groups excluding carboxylic acids is 2. The monoisotopic (exact) mass is 364 g/mol. The Morgan fingerprint density at radius 3 is 2.33 bits per heavy atom. The van der Waals surface area contributed by atoms with Crippen molar-refractivity contribution in [3.63, 3.8) is 0 Å². The number of benzene rings is 2. The fourth-order valence-electron chi connectivity index (χ4n) is 4.06. The van der Waals surface area contributed by atoms with Crippen molar-refractivity contribution >= 4 is 11.8 Å². The molecule has 2 aromatic carbocycles. The number of hydrogen-bond donors (Lipinski definition) is 0. The highest BCUT2D eigenvalue weighted by atomic mass is 16.5. The lowest BCUT2D eigenvalue weighted by atomic mass is 9.95. The van der Waals surface area contributed by atoms with E-state index in [1.165, 1.54) is 0 Å². The molecule has 2 aromatic rings. The topological polar surface area (TPSA) is 49.9 Å². The number of piperidine rings is 1. The number of carbonyl (C=O) groups is 2. The Kier molecular flexibility index (Phi) is 5.10. The molecule has 27 heavy (non-hydrogen) atoms. The summed E-state index contributed by atoms with van der Waals surface area (Å²) in [6, 6.07) is 18.9. The van der Waals surface area contributed by atoms with E-state index in [0.29, 0.717) is 36.9 Å². The highest BCUT2D eigenvalue weighted by Crippen LogP contribution is 2.29. The summed E-state index contributed by atoms with van der Waals surface area (Å²) in [4.78, 5) is 29.5. The Balaban J connectivity index is 1.42. The molecule has 5 heteroatoms. The van der Waals surface area contributed by atoms with Gasteiger partial charge in [0.1, 0.15) is 5.75 Å². The average molecular weight is 364 g/mol. The lowest BCUT2D eigenvalue weighted by Gasteiger charge is -2.36. The predicted octanol–water partition coefficient (Wildman–Crippen LogP) is 2.83. The van der Waals surface area contributed by atoms with E-state index >= 15 is 0 Å². The second kappa shape index (κ2) is 7.82. The summed E-state index contributed by atoms with van der Waals surface area (Å²) in [6.45, 7) is 2.06. The van der Waals surface area contributed by atoms with Gasteiger partial charge in [-0.2, -0.15) is 0 Å². The van der Waals surface area contributed by atoms with Crippen molar-refractivity contribution in [3.8, 4) is 5.75 Å². The summed E-state index contributed by atoms with van der Waals surface area (Å²) < 4.78 is 5.64. The molecule has 2 amide bonds. The molecule has 3 aliphatic rings. The molecule has 0 radical (unpaired) electrons. The van der Waals surface area contributed by atoms with Crippen LogP contribution in [0.2, 0.25) is 0 Å². The first-order valence-electron chi connectivity index (χ1n) is 9.52. The van der Waals surface area contributed by atoms with Gasteiger partial charge in [-0.3, -0.25) is 9.59 Å². The molecule has 0 aliphatic carbocycles. The van der Waals surface area contributed by atoms with E-state index in [2.05, 4.69) is 0 Å². The molecule has 3 saturated heterocycles. The molecule has 3 aliphatic heterocycles. The van der Waals surface area contributed by atoms with Crippen molar-refractivity contribution in [2.24, 2.45) is 5.92 Å². The van der Waals surface area contributed by atoms with Crippen LogP contribution in [0.5, 0.6) is 5.75 Å². The third-order valence-electron chi connectivity index (χ3n) is 5.45. The maximum Gasteiger partial charge on any atom is 0.260 e. The van der Waals surface area contributed by atoms with Crippen LogP contribution in [0.25, 0.3) is 0 Å². The summed E-state index contributed by atoms with van der Waals surface area (Å²) >= 11 is 0. The van der Waals surface area contributed by atoms with Crippen LogP contribution < -0.4 is 4.74 Å². The van der Waals surface area contributed by atoms with Crippen molar-refractivity contribution in [3.05, 3.63) is 66.2 Å². The molecule has 5 rings (SSSR count). The summed E-state index contributed by atoms with van der Waals surface area (Å²) in [5.41, 5.74) is 0.712. The van der Waals surface area contributed by atoms with Gasteiger partial charge in [0, 0.05) is 31.2 Å². The van der Waals surface area contributed by atoms with E-state index in [0.717, 1.165) is 12.8 Å². The SMILES string of the molecule is O=C(c1ccccc1)N1C[C@@H]2CC[C@H](C1)N(C(=O)COc1ccccc1)C2. The van der Waals surface area contributed by atoms with E-state index in [9.17, 15) is 9.59 Å². The quantitative estimate of drug-likeness (QED) is 0.838. The molecule has 140 valence electrons. The highest BCUT2D eigenvalue weighted by Gasteiger charge is 2.38. The fraction of sp³-hybridized carbons (Fsp3) is 0.364. The summed E-state index contributed by atoms with van der Waals surface area (Å²) in [5, 5.41) is 0. The van der Waals surface area contributed by atoms with Gasteiger partial charge in [-0.1, -0.05) is 36.4 Å². The zero-order valence-electron chi connectivity index (χ0n) is 15.3. The summed E-state index contributed by atoms with van der Waals surface area (Å²) in [5.74, 6) is 1.09. The molecule has 0 saturated carbocycles. The van der Waals surface area contributed by atoms with Gasteiger partial charge in [0.05, 0.1) is 0 Å². The molecular weight excluding hydrogens is 340 g/mol. The van der Waals surface area contributed by atoms with Gasteiger partial charge >= 0.3 is 0 Å². The maximum absolute atomic E-state index is 12.9. The number of hydrogen-bond acceptors (Lipinski definition) is 3. The smallest absolute Gasteiger partial charge is 0.260 e. The van der Waals surface area contributed by atoms with Crippen molar-refractivity contribution < 1.29 is 14.3 Å². The Labute approximate surface area is 159 Å². The Bertz CT molecular complexity index is 794. The van der Waals surface area contributed by atoms with Gasteiger partial charge in [-0.25, -0.2) is 0 Å². The van der Waals surface area contributed by atoms with Crippen LogP contribution in [0.15, 0.2) is 60.7 Å². The second-order valence-corrected chi connectivity index (χ2v) is 7.32. The number of para-hydroxylation sites is 1. The molecule has 0 unspecified atom stereocenters.